The number of benzene rings is 2. The SMILES string of the molecule is Cc1ccccc1-c1[c]ccc(F)c1. The third-order valence-corrected chi connectivity index (χ3v) is 2.20. The Labute approximate surface area is 83.0 Å². The summed E-state index contributed by atoms with van der Waals surface area (Å²) in [6, 6.07) is 15.4. The molecule has 0 aromatic heterocycles. The summed E-state index contributed by atoms with van der Waals surface area (Å²) in [4.78, 5) is 0. The second kappa shape index (κ2) is 3.62. The second-order valence-corrected chi connectivity index (χ2v) is 3.24. The molecular formula is C13H10F. The van der Waals surface area contributed by atoms with Crippen LogP contribution in [-0.2, 0) is 0 Å². The minimum Gasteiger partial charge on any atom is -0.207 e. The Morgan fingerprint density at radius 1 is 1.14 bits per heavy atom. The molecule has 0 spiro atoms. The van der Waals surface area contributed by atoms with E-state index in [1.807, 2.05) is 31.2 Å². The summed E-state index contributed by atoms with van der Waals surface area (Å²) >= 11 is 0. The summed E-state index contributed by atoms with van der Waals surface area (Å²) in [5.41, 5.74) is 2.98. The summed E-state index contributed by atoms with van der Waals surface area (Å²) in [6.07, 6.45) is 0. The van der Waals surface area contributed by atoms with Crippen LogP contribution in [0.15, 0.2) is 42.5 Å². The predicted octanol–water partition coefficient (Wildman–Crippen LogP) is 3.60. The van der Waals surface area contributed by atoms with Crippen LogP contribution < -0.4 is 0 Å². The maximum absolute atomic E-state index is 13.0. The van der Waals surface area contributed by atoms with Crippen LogP contribution in [0, 0.1) is 18.8 Å². The maximum Gasteiger partial charge on any atom is 0.123 e. The standard InChI is InChI=1S/C13H10F/c1-10-5-2-3-8-13(10)11-6-4-7-12(14)9-11/h2-5,7-9H,1H3. The largest absolute Gasteiger partial charge is 0.207 e. The van der Waals surface area contributed by atoms with Gasteiger partial charge in [0.25, 0.3) is 0 Å². The van der Waals surface area contributed by atoms with Crippen molar-refractivity contribution in [1.29, 1.82) is 0 Å². The van der Waals surface area contributed by atoms with Crippen LogP contribution in [0.5, 0.6) is 0 Å². The monoisotopic (exact) mass is 185 g/mol. The van der Waals surface area contributed by atoms with E-state index in [1.54, 1.807) is 6.07 Å². The molecule has 0 unspecified atom stereocenters. The fourth-order valence-electron chi connectivity index (χ4n) is 1.47. The lowest BCUT2D eigenvalue weighted by atomic mass is 10.0. The third kappa shape index (κ3) is 1.67. The van der Waals surface area contributed by atoms with E-state index >= 15 is 0 Å². The summed E-state index contributed by atoms with van der Waals surface area (Å²) in [5.74, 6) is -0.220. The molecule has 0 heterocycles. The Hall–Kier alpha value is -1.63. The molecule has 0 aliphatic carbocycles. The average molecular weight is 185 g/mol. The highest BCUT2D eigenvalue weighted by Crippen LogP contribution is 2.22. The van der Waals surface area contributed by atoms with Gasteiger partial charge in [-0.3, -0.25) is 0 Å². The highest BCUT2D eigenvalue weighted by atomic mass is 19.1. The molecule has 0 saturated carbocycles. The van der Waals surface area contributed by atoms with Gasteiger partial charge in [-0.15, -0.1) is 0 Å². The van der Waals surface area contributed by atoms with Crippen molar-refractivity contribution < 1.29 is 4.39 Å². The van der Waals surface area contributed by atoms with Gasteiger partial charge in [-0.1, -0.05) is 30.3 Å². The maximum atomic E-state index is 13.0. The zero-order chi connectivity index (χ0) is 9.97. The van der Waals surface area contributed by atoms with E-state index < -0.39 is 0 Å². The van der Waals surface area contributed by atoms with Crippen molar-refractivity contribution in [2.75, 3.05) is 0 Å². The zero-order valence-corrected chi connectivity index (χ0v) is 7.92. The van der Waals surface area contributed by atoms with Gasteiger partial charge >= 0.3 is 0 Å². The van der Waals surface area contributed by atoms with Crippen molar-refractivity contribution in [1.82, 2.24) is 0 Å². The van der Waals surface area contributed by atoms with Crippen molar-refractivity contribution in [3.8, 4) is 11.1 Å². The molecule has 2 aromatic rings. The fourth-order valence-corrected chi connectivity index (χ4v) is 1.47. The van der Waals surface area contributed by atoms with Crippen molar-refractivity contribution in [3.05, 3.63) is 59.9 Å². The molecule has 1 heteroatoms. The second-order valence-electron chi connectivity index (χ2n) is 3.24. The summed E-state index contributed by atoms with van der Waals surface area (Å²) in [6.45, 7) is 2.01. The van der Waals surface area contributed by atoms with E-state index in [-0.39, 0.29) is 5.82 Å². The predicted molar refractivity (Wildman–Crippen MR) is 55.4 cm³/mol. The van der Waals surface area contributed by atoms with Crippen LogP contribution in [-0.4, -0.2) is 0 Å². The minimum atomic E-state index is -0.220. The van der Waals surface area contributed by atoms with Crippen LogP contribution in [0.3, 0.4) is 0 Å². The van der Waals surface area contributed by atoms with Gasteiger partial charge in [0, 0.05) is 0 Å². The number of aryl methyl sites for hydroxylation is 1. The van der Waals surface area contributed by atoms with Crippen molar-refractivity contribution in [2.45, 2.75) is 6.92 Å². The lowest BCUT2D eigenvalue weighted by molar-refractivity contribution is 0.628. The molecule has 14 heavy (non-hydrogen) atoms. The number of hydrogen-bond donors (Lipinski definition) is 0. The lowest BCUT2D eigenvalue weighted by Crippen LogP contribution is -1.83. The van der Waals surface area contributed by atoms with E-state index in [4.69, 9.17) is 0 Å². The summed E-state index contributed by atoms with van der Waals surface area (Å²) < 4.78 is 13.0. The Balaban J connectivity index is 2.55. The van der Waals surface area contributed by atoms with Gasteiger partial charge < -0.3 is 0 Å². The summed E-state index contributed by atoms with van der Waals surface area (Å²) in [7, 11) is 0. The van der Waals surface area contributed by atoms with Crippen LogP contribution in [0.25, 0.3) is 11.1 Å². The van der Waals surface area contributed by atoms with Crippen LogP contribution >= 0.6 is 0 Å². The molecule has 1 radical (unpaired) electrons. The Morgan fingerprint density at radius 2 is 1.93 bits per heavy atom. The van der Waals surface area contributed by atoms with E-state index in [2.05, 4.69) is 6.07 Å². The molecule has 0 fully saturated rings. The zero-order valence-electron chi connectivity index (χ0n) is 7.92. The third-order valence-electron chi connectivity index (χ3n) is 2.20. The first-order chi connectivity index (χ1) is 6.77. The van der Waals surface area contributed by atoms with Gasteiger partial charge in [0.1, 0.15) is 5.82 Å². The average Bonchev–Trinajstić information content (AvgIpc) is 2.18. The molecule has 2 aromatic carbocycles. The first-order valence-corrected chi connectivity index (χ1v) is 4.50. The molecule has 0 atom stereocenters. The molecular weight excluding hydrogens is 175 g/mol. The van der Waals surface area contributed by atoms with E-state index in [1.165, 1.54) is 12.1 Å². The van der Waals surface area contributed by atoms with E-state index in [9.17, 15) is 4.39 Å². The molecule has 0 N–H and O–H groups in total. The number of hydrogen-bond acceptors (Lipinski definition) is 0. The van der Waals surface area contributed by atoms with Crippen LogP contribution in [0.2, 0.25) is 0 Å². The Morgan fingerprint density at radius 3 is 2.64 bits per heavy atom. The van der Waals surface area contributed by atoms with Crippen molar-refractivity contribution in [3.63, 3.8) is 0 Å². The first-order valence-electron chi connectivity index (χ1n) is 4.50. The van der Waals surface area contributed by atoms with Crippen LogP contribution in [0.1, 0.15) is 5.56 Å². The van der Waals surface area contributed by atoms with Gasteiger partial charge in [0.05, 0.1) is 0 Å². The molecule has 0 aliphatic heterocycles. The Kier molecular flexibility index (Phi) is 2.32. The topological polar surface area (TPSA) is 0 Å². The van der Waals surface area contributed by atoms with Gasteiger partial charge in [-0.25, -0.2) is 4.39 Å². The molecule has 69 valence electrons. The normalized spacial score (nSPS) is 10.1. The van der Waals surface area contributed by atoms with E-state index in [0.717, 1.165) is 16.7 Å². The smallest absolute Gasteiger partial charge is 0.123 e. The molecule has 0 bridgehead atoms. The van der Waals surface area contributed by atoms with Gasteiger partial charge in [0.2, 0.25) is 0 Å². The lowest BCUT2D eigenvalue weighted by Gasteiger charge is -2.04. The molecule has 2 rings (SSSR count). The van der Waals surface area contributed by atoms with Crippen LogP contribution in [0.4, 0.5) is 4.39 Å². The highest BCUT2D eigenvalue weighted by molar-refractivity contribution is 5.66. The molecule has 0 amide bonds. The van der Waals surface area contributed by atoms with E-state index in [0.29, 0.717) is 0 Å². The first kappa shape index (κ1) is 8.95. The number of halogens is 1. The fraction of sp³-hybridized carbons (Fsp3) is 0.0769. The van der Waals surface area contributed by atoms with Crippen molar-refractivity contribution in [2.24, 2.45) is 0 Å². The molecule has 0 aliphatic rings. The molecule has 0 saturated heterocycles. The van der Waals surface area contributed by atoms with Gasteiger partial charge in [-0.05, 0) is 41.8 Å². The quantitative estimate of drug-likeness (QED) is 0.636. The minimum absolute atomic E-state index is 0.220. The Bertz CT molecular complexity index is 446. The van der Waals surface area contributed by atoms with Gasteiger partial charge in [0.15, 0.2) is 0 Å². The molecule has 0 nitrogen and oxygen atoms in total. The van der Waals surface area contributed by atoms with Crippen molar-refractivity contribution >= 4 is 0 Å². The van der Waals surface area contributed by atoms with Gasteiger partial charge in [-0.2, -0.15) is 0 Å². The summed E-state index contributed by atoms with van der Waals surface area (Å²) in [5, 5.41) is 0. The number of rotatable bonds is 1. The highest BCUT2D eigenvalue weighted by Gasteiger charge is 2.01.